The number of ketones is 1. The van der Waals surface area contributed by atoms with Crippen molar-refractivity contribution in [2.75, 3.05) is 25.2 Å². The highest BCUT2D eigenvalue weighted by molar-refractivity contribution is 7.22. The highest BCUT2D eigenvalue weighted by atomic mass is 32.1. The monoisotopic (exact) mass is 518 g/mol. The number of aliphatic hydroxyl groups excluding tert-OH is 1. The lowest BCUT2D eigenvalue weighted by atomic mass is 9.95. The van der Waals surface area contributed by atoms with Gasteiger partial charge in [-0.25, -0.2) is 9.37 Å². The Hall–Kier alpha value is -4.44. The van der Waals surface area contributed by atoms with Crippen LogP contribution in [0.4, 0.5) is 9.52 Å². The number of anilines is 1. The van der Waals surface area contributed by atoms with Gasteiger partial charge in [0.15, 0.2) is 16.6 Å². The lowest BCUT2D eigenvalue weighted by molar-refractivity contribution is -0.132. The van der Waals surface area contributed by atoms with Crippen LogP contribution >= 0.6 is 11.3 Å². The summed E-state index contributed by atoms with van der Waals surface area (Å²) in [4.78, 5) is 32.5. The number of aliphatic hydroxyl groups is 1. The van der Waals surface area contributed by atoms with E-state index in [0.29, 0.717) is 51.8 Å². The van der Waals surface area contributed by atoms with Gasteiger partial charge >= 0.3 is 5.91 Å². The fraction of sp³-hybridized carbons (Fsp3) is 0.148. The van der Waals surface area contributed by atoms with E-state index in [-0.39, 0.29) is 16.5 Å². The maximum Gasteiger partial charge on any atom is 0.301 e. The van der Waals surface area contributed by atoms with Crippen molar-refractivity contribution in [3.8, 4) is 17.2 Å². The molecule has 1 unspecified atom stereocenters. The number of nitrogens with zero attached hydrogens (tertiary/aromatic N) is 2. The van der Waals surface area contributed by atoms with Crippen LogP contribution in [0.3, 0.4) is 0 Å². The molecule has 0 saturated carbocycles. The molecule has 0 aliphatic carbocycles. The maximum atomic E-state index is 13.8. The number of fused-ring (bicyclic) bond motifs is 2. The Labute approximate surface area is 214 Å². The van der Waals surface area contributed by atoms with Crippen LogP contribution in [0.15, 0.2) is 66.2 Å². The Morgan fingerprint density at radius 2 is 1.81 bits per heavy atom. The third kappa shape index (κ3) is 3.86. The molecule has 1 atom stereocenters. The van der Waals surface area contributed by atoms with Crippen molar-refractivity contribution < 1.29 is 33.3 Å². The smallest absolute Gasteiger partial charge is 0.301 e. The number of halogens is 1. The summed E-state index contributed by atoms with van der Waals surface area (Å²) >= 11 is 1.09. The molecule has 10 heteroatoms. The van der Waals surface area contributed by atoms with Crippen molar-refractivity contribution in [2.45, 2.75) is 6.04 Å². The normalized spacial score (nSPS) is 18.4. The second-order valence-corrected chi connectivity index (χ2v) is 9.42. The first kappa shape index (κ1) is 23.0. The molecule has 37 heavy (non-hydrogen) atoms. The molecule has 0 radical (unpaired) electrons. The van der Waals surface area contributed by atoms with Crippen molar-refractivity contribution in [3.63, 3.8) is 0 Å². The van der Waals surface area contributed by atoms with E-state index in [4.69, 9.17) is 14.2 Å². The van der Waals surface area contributed by atoms with Gasteiger partial charge in [-0.15, -0.1) is 0 Å². The predicted molar refractivity (Wildman–Crippen MR) is 135 cm³/mol. The second-order valence-electron chi connectivity index (χ2n) is 8.41. The summed E-state index contributed by atoms with van der Waals surface area (Å²) in [5, 5.41) is 11.6. The molecule has 8 nitrogen and oxygen atoms in total. The van der Waals surface area contributed by atoms with Crippen molar-refractivity contribution in [1.29, 1.82) is 0 Å². The lowest BCUT2D eigenvalue weighted by Crippen LogP contribution is -2.29. The van der Waals surface area contributed by atoms with Gasteiger partial charge in [-0.2, -0.15) is 0 Å². The topological polar surface area (TPSA) is 98.2 Å². The van der Waals surface area contributed by atoms with Gasteiger partial charge in [0.25, 0.3) is 5.78 Å². The summed E-state index contributed by atoms with van der Waals surface area (Å²) in [7, 11) is 1.53. The van der Waals surface area contributed by atoms with Crippen LogP contribution in [0, 0.1) is 5.82 Å². The molecule has 1 aromatic heterocycles. The Kier molecular flexibility index (Phi) is 5.53. The molecule has 2 aliphatic rings. The molecular weight excluding hydrogens is 499 g/mol. The minimum Gasteiger partial charge on any atom is -0.507 e. The van der Waals surface area contributed by atoms with Crippen LogP contribution in [0.5, 0.6) is 17.2 Å². The van der Waals surface area contributed by atoms with Crippen LogP contribution in [0.25, 0.3) is 16.0 Å². The van der Waals surface area contributed by atoms with Gasteiger partial charge in [-0.3, -0.25) is 14.5 Å². The molecule has 1 N–H and O–H groups in total. The minimum absolute atomic E-state index is 0.0997. The van der Waals surface area contributed by atoms with Crippen LogP contribution < -0.4 is 19.1 Å². The van der Waals surface area contributed by atoms with Gasteiger partial charge in [0, 0.05) is 5.56 Å². The van der Waals surface area contributed by atoms with Crippen molar-refractivity contribution in [3.05, 3.63) is 83.2 Å². The van der Waals surface area contributed by atoms with E-state index < -0.39 is 23.5 Å². The first-order valence-electron chi connectivity index (χ1n) is 11.4. The average molecular weight is 519 g/mol. The highest BCUT2D eigenvalue weighted by Crippen LogP contribution is 2.45. The number of carbonyl (C=O) groups is 2. The lowest BCUT2D eigenvalue weighted by Gasteiger charge is -2.23. The molecule has 4 aromatic rings. The SMILES string of the molecule is COc1ccc(C2/C(=C(\O)c3ccc4c(c3)OCCO4)C(=O)C(=O)N2c2nc3ccc(F)cc3s2)cc1. The average Bonchev–Trinajstić information content (AvgIpc) is 3.45. The molecule has 0 spiro atoms. The zero-order valence-electron chi connectivity index (χ0n) is 19.4. The number of thiazole rings is 1. The van der Waals surface area contributed by atoms with Crippen molar-refractivity contribution in [1.82, 2.24) is 4.98 Å². The number of benzene rings is 3. The van der Waals surface area contributed by atoms with Gasteiger partial charge < -0.3 is 19.3 Å². The summed E-state index contributed by atoms with van der Waals surface area (Å²) < 4.78 is 30.8. The Morgan fingerprint density at radius 3 is 2.57 bits per heavy atom. The van der Waals surface area contributed by atoms with Crippen molar-refractivity contribution >= 4 is 44.1 Å². The molecule has 2 aliphatic heterocycles. The fourth-order valence-electron chi connectivity index (χ4n) is 4.47. The van der Waals surface area contributed by atoms with E-state index in [1.165, 1.54) is 30.2 Å². The summed E-state index contributed by atoms with van der Waals surface area (Å²) in [6.07, 6.45) is 0. The molecule has 186 valence electrons. The van der Waals surface area contributed by atoms with Crippen LogP contribution in [0.2, 0.25) is 0 Å². The van der Waals surface area contributed by atoms with Gasteiger partial charge in [-0.1, -0.05) is 23.5 Å². The predicted octanol–water partition coefficient (Wildman–Crippen LogP) is 4.84. The largest absolute Gasteiger partial charge is 0.507 e. The van der Waals surface area contributed by atoms with E-state index in [0.717, 1.165) is 11.3 Å². The Bertz CT molecular complexity index is 1600. The second kappa shape index (κ2) is 8.90. The standard InChI is InChI=1S/C27H19FN2O6S/c1-34-17-6-2-14(3-7-17)23-22(24(31)15-4-9-19-20(12-15)36-11-10-35-19)25(32)26(33)30(23)27-29-18-8-5-16(28)13-21(18)37-27/h2-9,12-13,23,31H,10-11H2,1H3/b24-22+. The third-order valence-electron chi connectivity index (χ3n) is 6.24. The van der Waals surface area contributed by atoms with Gasteiger partial charge in [0.2, 0.25) is 0 Å². The van der Waals surface area contributed by atoms with Crippen LogP contribution in [0.1, 0.15) is 17.2 Å². The molecule has 3 aromatic carbocycles. The van der Waals surface area contributed by atoms with E-state index in [2.05, 4.69) is 4.98 Å². The number of aromatic nitrogens is 1. The number of amides is 1. The number of carbonyl (C=O) groups excluding carboxylic acids is 2. The molecule has 3 heterocycles. The molecule has 1 saturated heterocycles. The first-order valence-corrected chi connectivity index (χ1v) is 12.2. The maximum absolute atomic E-state index is 13.8. The Morgan fingerprint density at radius 1 is 1.05 bits per heavy atom. The molecule has 6 rings (SSSR count). The molecular formula is C27H19FN2O6S. The summed E-state index contributed by atoms with van der Waals surface area (Å²) in [5.41, 5.74) is 1.25. The summed E-state index contributed by atoms with van der Waals surface area (Å²) in [6.45, 7) is 0.763. The van der Waals surface area contributed by atoms with E-state index >= 15 is 0 Å². The van der Waals surface area contributed by atoms with Gasteiger partial charge in [0.05, 0.1) is 28.9 Å². The van der Waals surface area contributed by atoms with Crippen LogP contribution in [-0.2, 0) is 9.59 Å². The van der Waals surface area contributed by atoms with Gasteiger partial charge in [0.1, 0.15) is 30.5 Å². The highest BCUT2D eigenvalue weighted by Gasteiger charge is 2.48. The minimum atomic E-state index is -0.982. The van der Waals surface area contributed by atoms with Crippen molar-refractivity contribution in [2.24, 2.45) is 0 Å². The number of hydrogen-bond acceptors (Lipinski definition) is 8. The fourth-order valence-corrected chi connectivity index (χ4v) is 5.48. The van der Waals surface area contributed by atoms with Crippen LogP contribution in [-0.4, -0.2) is 42.1 Å². The summed E-state index contributed by atoms with van der Waals surface area (Å²) in [5.74, 6) is -0.961. The zero-order chi connectivity index (χ0) is 25.7. The molecule has 1 fully saturated rings. The summed E-state index contributed by atoms with van der Waals surface area (Å²) in [6, 6.07) is 14.8. The number of hydrogen-bond donors (Lipinski definition) is 1. The third-order valence-corrected chi connectivity index (χ3v) is 7.25. The van der Waals surface area contributed by atoms with E-state index in [1.54, 1.807) is 42.5 Å². The van der Waals surface area contributed by atoms with E-state index in [9.17, 15) is 19.1 Å². The number of methoxy groups -OCH3 is 1. The zero-order valence-corrected chi connectivity index (χ0v) is 20.3. The number of ether oxygens (including phenoxy) is 3. The number of rotatable bonds is 4. The van der Waals surface area contributed by atoms with E-state index in [1.807, 2.05) is 0 Å². The first-order chi connectivity index (χ1) is 17.9. The van der Waals surface area contributed by atoms with Gasteiger partial charge in [-0.05, 0) is 54.1 Å². The Balaban J connectivity index is 1.53. The molecule has 0 bridgehead atoms. The molecule has 1 amide bonds. The number of Topliss-reactive ketones (excluding diaryl/α,β-unsaturated/α-hetero) is 1. The quantitative estimate of drug-likeness (QED) is 0.235.